The Morgan fingerprint density at radius 1 is 1.33 bits per heavy atom. The van der Waals surface area contributed by atoms with Gasteiger partial charge in [-0.15, -0.1) is 16.4 Å². The summed E-state index contributed by atoms with van der Waals surface area (Å²) < 4.78 is 1.08. The Morgan fingerprint density at radius 2 is 2.22 bits per heavy atom. The molecule has 92 valence electrons. The molecule has 0 aromatic carbocycles. The van der Waals surface area contributed by atoms with Crippen LogP contribution in [-0.4, -0.2) is 25.1 Å². The standard InChI is InChI=1S/C11H11N5S2/c1-6(2)9-14-11(16-15-9)18-10-8-7(3-4-17-8)12-5-13-10/h3-6H,1-2H3,(H,14,15,16). The van der Waals surface area contributed by atoms with Crippen molar-refractivity contribution < 1.29 is 0 Å². The Balaban J connectivity index is 1.93. The van der Waals surface area contributed by atoms with Crippen LogP contribution in [0.15, 0.2) is 28.0 Å². The number of hydrogen-bond donors (Lipinski definition) is 1. The fourth-order valence-electron chi connectivity index (χ4n) is 1.49. The first kappa shape index (κ1) is 11.6. The van der Waals surface area contributed by atoms with Crippen molar-refractivity contribution in [3.05, 3.63) is 23.6 Å². The highest BCUT2D eigenvalue weighted by Gasteiger charge is 2.11. The van der Waals surface area contributed by atoms with Crippen molar-refractivity contribution in [2.24, 2.45) is 0 Å². The third-order valence-electron chi connectivity index (χ3n) is 2.43. The van der Waals surface area contributed by atoms with Gasteiger partial charge in [-0.1, -0.05) is 13.8 Å². The van der Waals surface area contributed by atoms with Crippen molar-refractivity contribution in [1.82, 2.24) is 25.1 Å². The summed E-state index contributed by atoms with van der Waals surface area (Å²) >= 11 is 3.10. The Hall–Kier alpha value is -1.47. The van der Waals surface area contributed by atoms with E-state index in [9.17, 15) is 0 Å². The Kier molecular flexibility index (Phi) is 3.00. The summed E-state index contributed by atoms with van der Waals surface area (Å²) in [5.41, 5.74) is 0.970. The van der Waals surface area contributed by atoms with Crippen molar-refractivity contribution in [3.63, 3.8) is 0 Å². The molecule has 3 rings (SSSR count). The molecule has 0 saturated carbocycles. The predicted molar refractivity (Wildman–Crippen MR) is 72.0 cm³/mol. The average Bonchev–Trinajstić information content (AvgIpc) is 2.97. The van der Waals surface area contributed by atoms with Crippen molar-refractivity contribution >= 4 is 33.3 Å². The van der Waals surface area contributed by atoms with Crippen LogP contribution < -0.4 is 0 Å². The number of aromatic nitrogens is 5. The molecule has 0 fully saturated rings. The highest BCUT2D eigenvalue weighted by molar-refractivity contribution is 7.99. The van der Waals surface area contributed by atoms with Gasteiger partial charge in [-0.05, 0) is 23.2 Å². The molecule has 3 heterocycles. The fraction of sp³-hybridized carbons (Fsp3) is 0.273. The summed E-state index contributed by atoms with van der Waals surface area (Å²) in [5, 5.41) is 10.8. The maximum atomic E-state index is 4.44. The van der Waals surface area contributed by atoms with Crippen LogP contribution in [0.1, 0.15) is 25.6 Å². The third-order valence-corrected chi connectivity index (χ3v) is 4.34. The second kappa shape index (κ2) is 4.66. The highest BCUT2D eigenvalue weighted by Crippen LogP contribution is 2.32. The number of hydrogen-bond acceptors (Lipinski definition) is 6. The maximum absolute atomic E-state index is 4.44. The molecule has 3 aromatic rings. The van der Waals surface area contributed by atoms with Crippen LogP contribution in [0, 0.1) is 0 Å². The second-order valence-electron chi connectivity index (χ2n) is 4.07. The fourth-order valence-corrected chi connectivity index (χ4v) is 3.19. The topological polar surface area (TPSA) is 67.3 Å². The summed E-state index contributed by atoms with van der Waals surface area (Å²) in [6.45, 7) is 4.16. The molecule has 0 bridgehead atoms. The predicted octanol–water partition coefficient (Wildman–Crippen LogP) is 3.08. The van der Waals surface area contributed by atoms with Gasteiger partial charge in [0.05, 0.1) is 10.2 Å². The minimum absolute atomic E-state index is 0.346. The number of aromatic amines is 1. The zero-order chi connectivity index (χ0) is 12.5. The van der Waals surface area contributed by atoms with Gasteiger partial charge in [0.1, 0.15) is 17.2 Å². The Labute approximate surface area is 112 Å². The molecule has 0 aliphatic carbocycles. The lowest BCUT2D eigenvalue weighted by molar-refractivity contribution is 0.780. The van der Waals surface area contributed by atoms with E-state index in [1.54, 1.807) is 17.7 Å². The molecular weight excluding hydrogens is 266 g/mol. The molecule has 0 saturated heterocycles. The van der Waals surface area contributed by atoms with Crippen molar-refractivity contribution in [1.29, 1.82) is 0 Å². The van der Waals surface area contributed by atoms with Gasteiger partial charge in [0.25, 0.3) is 0 Å². The zero-order valence-corrected chi connectivity index (χ0v) is 11.5. The quantitative estimate of drug-likeness (QED) is 0.745. The van der Waals surface area contributed by atoms with Gasteiger partial charge < -0.3 is 0 Å². The first-order valence-electron chi connectivity index (χ1n) is 5.52. The number of fused-ring (bicyclic) bond motifs is 1. The van der Waals surface area contributed by atoms with E-state index in [-0.39, 0.29) is 0 Å². The lowest BCUT2D eigenvalue weighted by Gasteiger charge is -1.97. The smallest absolute Gasteiger partial charge is 0.214 e. The van der Waals surface area contributed by atoms with Gasteiger partial charge in [0.15, 0.2) is 0 Å². The normalized spacial score (nSPS) is 11.5. The van der Waals surface area contributed by atoms with Gasteiger partial charge in [0, 0.05) is 5.92 Å². The molecule has 7 heteroatoms. The highest BCUT2D eigenvalue weighted by atomic mass is 32.2. The molecule has 1 N–H and O–H groups in total. The van der Waals surface area contributed by atoms with E-state index in [1.165, 1.54) is 11.8 Å². The van der Waals surface area contributed by atoms with E-state index >= 15 is 0 Å². The van der Waals surface area contributed by atoms with Gasteiger partial charge in [-0.2, -0.15) is 0 Å². The molecule has 0 radical (unpaired) electrons. The summed E-state index contributed by atoms with van der Waals surface area (Å²) in [5.74, 6) is 1.24. The van der Waals surface area contributed by atoms with E-state index in [0.717, 1.165) is 21.1 Å². The van der Waals surface area contributed by atoms with Gasteiger partial charge in [-0.25, -0.2) is 15.0 Å². The summed E-state index contributed by atoms with van der Waals surface area (Å²) in [6, 6.07) is 1.99. The maximum Gasteiger partial charge on any atom is 0.214 e. The van der Waals surface area contributed by atoms with Crippen LogP contribution in [0.5, 0.6) is 0 Å². The first-order chi connectivity index (χ1) is 8.74. The van der Waals surface area contributed by atoms with Crippen LogP contribution in [0.25, 0.3) is 10.2 Å². The second-order valence-corrected chi connectivity index (χ2v) is 5.95. The molecule has 0 spiro atoms. The van der Waals surface area contributed by atoms with Crippen molar-refractivity contribution in [2.75, 3.05) is 0 Å². The molecule has 3 aromatic heterocycles. The van der Waals surface area contributed by atoms with E-state index in [1.807, 2.05) is 11.4 Å². The molecule has 0 aliphatic heterocycles. The minimum atomic E-state index is 0.346. The van der Waals surface area contributed by atoms with Crippen LogP contribution in [-0.2, 0) is 0 Å². The number of nitrogens with one attached hydrogen (secondary N) is 1. The third kappa shape index (κ3) is 2.11. The average molecular weight is 277 g/mol. The molecule has 0 amide bonds. The summed E-state index contributed by atoms with van der Waals surface area (Å²) in [4.78, 5) is 12.9. The van der Waals surface area contributed by atoms with Crippen LogP contribution in [0.2, 0.25) is 0 Å². The van der Waals surface area contributed by atoms with Crippen LogP contribution in [0.4, 0.5) is 0 Å². The number of thiophene rings is 1. The van der Waals surface area contributed by atoms with Crippen molar-refractivity contribution in [3.8, 4) is 0 Å². The lowest BCUT2D eigenvalue weighted by Crippen LogP contribution is -1.89. The van der Waals surface area contributed by atoms with Crippen molar-refractivity contribution in [2.45, 2.75) is 29.9 Å². The van der Waals surface area contributed by atoms with E-state index < -0.39 is 0 Å². The minimum Gasteiger partial charge on any atom is -0.262 e. The summed E-state index contributed by atoms with van der Waals surface area (Å²) in [6.07, 6.45) is 1.58. The van der Waals surface area contributed by atoms with E-state index in [0.29, 0.717) is 11.1 Å². The molecular formula is C11H11N5S2. The van der Waals surface area contributed by atoms with E-state index in [4.69, 9.17) is 0 Å². The number of nitrogens with zero attached hydrogens (tertiary/aromatic N) is 4. The molecule has 5 nitrogen and oxygen atoms in total. The summed E-state index contributed by atoms with van der Waals surface area (Å²) in [7, 11) is 0. The van der Waals surface area contributed by atoms with Gasteiger partial charge in [0.2, 0.25) is 5.16 Å². The van der Waals surface area contributed by atoms with E-state index in [2.05, 4.69) is 39.0 Å². The SMILES string of the molecule is CC(C)c1nc(Sc2ncnc3ccsc23)n[nH]1. The monoisotopic (exact) mass is 277 g/mol. The first-order valence-corrected chi connectivity index (χ1v) is 7.22. The Morgan fingerprint density at radius 3 is 3.00 bits per heavy atom. The number of rotatable bonds is 3. The number of H-pyrrole nitrogens is 1. The zero-order valence-electron chi connectivity index (χ0n) is 9.91. The van der Waals surface area contributed by atoms with Gasteiger partial charge in [-0.3, -0.25) is 5.10 Å². The van der Waals surface area contributed by atoms with Gasteiger partial charge >= 0.3 is 0 Å². The lowest BCUT2D eigenvalue weighted by atomic mass is 10.2. The molecule has 0 aliphatic rings. The molecule has 0 unspecified atom stereocenters. The molecule has 0 atom stereocenters. The molecule has 18 heavy (non-hydrogen) atoms. The largest absolute Gasteiger partial charge is 0.262 e. The van der Waals surface area contributed by atoms with Crippen LogP contribution in [0.3, 0.4) is 0 Å². The Bertz CT molecular complexity index is 673. The van der Waals surface area contributed by atoms with Crippen LogP contribution >= 0.6 is 23.1 Å².